The zero-order valence-corrected chi connectivity index (χ0v) is 3.68. The average molecular weight is 80.1 g/mol. The normalized spacial score (nSPS) is 8.67. The first-order valence-electron chi connectivity index (χ1n) is 1.76. The Hall–Kier alpha value is -0.770. The molecule has 0 N–H and O–H groups in total. The quantitative estimate of drug-likeness (QED) is 0.465. The number of nitriles is 1. The van der Waals surface area contributed by atoms with Crippen LogP contribution in [-0.4, -0.2) is 0 Å². The van der Waals surface area contributed by atoms with Crippen LogP contribution in [0.5, 0.6) is 0 Å². The predicted molar refractivity (Wildman–Crippen MR) is 24.7 cm³/mol. The summed E-state index contributed by atoms with van der Waals surface area (Å²) in [4.78, 5) is 0. The summed E-state index contributed by atoms with van der Waals surface area (Å²) in [5, 5.41) is 7.84. The minimum absolute atomic E-state index is 1.43. The van der Waals surface area contributed by atoms with E-state index in [9.17, 15) is 0 Å². The molecule has 0 amide bonds. The Balaban J connectivity index is 2.92. The van der Waals surface area contributed by atoms with Crippen molar-refractivity contribution in [2.45, 2.75) is 6.92 Å². The molecule has 1 nitrogen and oxygen atoms in total. The topological polar surface area (TPSA) is 23.8 Å². The lowest BCUT2D eigenvalue weighted by Crippen LogP contribution is -1.52. The molecule has 0 saturated heterocycles. The van der Waals surface area contributed by atoms with Crippen molar-refractivity contribution in [3.63, 3.8) is 0 Å². The van der Waals surface area contributed by atoms with E-state index in [0.29, 0.717) is 0 Å². The van der Waals surface area contributed by atoms with Gasteiger partial charge in [0.05, 0.1) is 12.5 Å². The van der Waals surface area contributed by atoms with Crippen molar-refractivity contribution in [2.24, 2.45) is 0 Å². The third kappa shape index (κ3) is 3.23. The Labute approximate surface area is 37.9 Å². The maximum Gasteiger partial charge on any atom is 0.0836 e. The van der Waals surface area contributed by atoms with Gasteiger partial charge in [0.2, 0.25) is 0 Å². The molecular formula is C5H6N. The largest absolute Gasteiger partial charge is 0.198 e. The van der Waals surface area contributed by atoms with Gasteiger partial charge < -0.3 is 0 Å². The summed E-state index contributed by atoms with van der Waals surface area (Å²) < 4.78 is 0. The van der Waals surface area contributed by atoms with Crippen LogP contribution in [0, 0.1) is 17.8 Å². The van der Waals surface area contributed by atoms with Crippen LogP contribution in [0.4, 0.5) is 0 Å². The fourth-order valence-electron chi connectivity index (χ4n) is 0.139. The summed E-state index contributed by atoms with van der Waals surface area (Å²) in [5.41, 5.74) is 0. The van der Waals surface area contributed by atoms with Crippen LogP contribution in [0.2, 0.25) is 0 Å². The van der Waals surface area contributed by atoms with Gasteiger partial charge in [0.25, 0.3) is 0 Å². The van der Waals surface area contributed by atoms with E-state index in [1.54, 1.807) is 6.08 Å². The Morgan fingerprint density at radius 3 is 2.50 bits per heavy atom. The van der Waals surface area contributed by atoms with Crippen LogP contribution in [-0.2, 0) is 0 Å². The van der Waals surface area contributed by atoms with Crippen LogP contribution in [0.1, 0.15) is 6.92 Å². The molecule has 0 unspecified atom stereocenters. The fraction of sp³-hybridized carbons (Fsp3) is 0.200. The molecule has 31 valence electrons. The third-order valence-corrected chi connectivity index (χ3v) is 0.363. The van der Waals surface area contributed by atoms with Gasteiger partial charge in [-0.3, -0.25) is 0 Å². The molecule has 0 heterocycles. The number of rotatable bonds is 1. The summed E-state index contributed by atoms with van der Waals surface area (Å²) in [7, 11) is 0. The Morgan fingerprint density at radius 1 is 1.67 bits per heavy atom. The molecule has 0 spiro atoms. The van der Waals surface area contributed by atoms with E-state index < -0.39 is 0 Å². The van der Waals surface area contributed by atoms with Crippen molar-refractivity contribution in [2.75, 3.05) is 0 Å². The van der Waals surface area contributed by atoms with Crippen LogP contribution >= 0.6 is 0 Å². The molecular weight excluding hydrogens is 74.1 g/mol. The van der Waals surface area contributed by atoms with E-state index in [1.165, 1.54) is 6.42 Å². The van der Waals surface area contributed by atoms with E-state index >= 15 is 0 Å². The zero-order chi connectivity index (χ0) is 4.83. The smallest absolute Gasteiger partial charge is 0.0836 e. The van der Waals surface area contributed by atoms with E-state index in [0.717, 1.165) is 0 Å². The highest BCUT2D eigenvalue weighted by Crippen LogP contribution is 1.72. The Kier molecular flexibility index (Phi) is 3.69. The third-order valence-electron chi connectivity index (χ3n) is 0.363. The fourth-order valence-corrected chi connectivity index (χ4v) is 0.139. The van der Waals surface area contributed by atoms with E-state index in [2.05, 4.69) is 0 Å². The van der Waals surface area contributed by atoms with Gasteiger partial charge >= 0.3 is 0 Å². The van der Waals surface area contributed by atoms with Crippen molar-refractivity contribution < 1.29 is 0 Å². The number of hydrogen-bond donors (Lipinski definition) is 0. The second kappa shape index (κ2) is 4.23. The maximum absolute atomic E-state index is 7.84. The van der Waals surface area contributed by atoms with Crippen LogP contribution in [0.15, 0.2) is 12.2 Å². The number of nitrogens with zero attached hydrogens (tertiary/aromatic N) is 1. The average Bonchev–Trinajstić information content (AvgIpc) is 1.61. The van der Waals surface area contributed by atoms with E-state index in [-0.39, 0.29) is 0 Å². The summed E-state index contributed by atoms with van der Waals surface area (Å²) in [6, 6.07) is 1.86. The molecule has 0 aliphatic heterocycles. The summed E-state index contributed by atoms with van der Waals surface area (Å²) >= 11 is 0. The molecule has 1 heteroatoms. The van der Waals surface area contributed by atoms with Gasteiger partial charge in [0.15, 0.2) is 0 Å². The van der Waals surface area contributed by atoms with Gasteiger partial charge in [-0.1, -0.05) is 12.2 Å². The SMILES string of the molecule is C/C=C/[CH]C#N. The summed E-state index contributed by atoms with van der Waals surface area (Å²) in [6.07, 6.45) is 4.93. The van der Waals surface area contributed by atoms with Gasteiger partial charge in [0, 0.05) is 0 Å². The molecule has 0 atom stereocenters. The van der Waals surface area contributed by atoms with Gasteiger partial charge in [-0.15, -0.1) is 0 Å². The number of allylic oxidation sites excluding steroid dienone is 2. The van der Waals surface area contributed by atoms with Crippen LogP contribution < -0.4 is 0 Å². The van der Waals surface area contributed by atoms with Crippen molar-refractivity contribution >= 4 is 0 Å². The highest BCUT2D eigenvalue weighted by atomic mass is 14.2. The minimum atomic E-state index is 1.43. The molecule has 0 aliphatic rings. The Bertz CT molecular complexity index is 76.4. The molecule has 0 bridgehead atoms. The van der Waals surface area contributed by atoms with Crippen molar-refractivity contribution in [1.29, 1.82) is 5.26 Å². The first kappa shape index (κ1) is 5.23. The first-order valence-corrected chi connectivity index (χ1v) is 1.76. The molecule has 0 aromatic rings. The Morgan fingerprint density at radius 2 is 2.33 bits per heavy atom. The van der Waals surface area contributed by atoms with E-state index in [4.69, 9.17) is 5.26 Å². The highest BCUT2D eigenvalue weighted by molar-refractivity contribution is 5.07. The molecule has 1 radical (unpaired) electrons. The van der Waals surface area contributed by atoms with Crippen molar-refractivity contribution in [3.8, 4) is 6.07 Å². The van der Waals surface area contributed by atoms with Crippen molar-refractivity contribution in [1.82, 2.24) is 0 Å². The minimum Gasteiger partial charge on any atom is -0.198 e. The second-order valence-electron chi connectivity index (χ2n) is 0.822. The van der Waals surface area contributed by atoms with Gasteiger partial charge in [0.1, 0.15) is 0 Å². The maximum atomic E-state index is 7.84. The van der Waals surface area contributed by atoms with Gasteiger partial charge in [-0.25, -0.2) is 0 Å². The van der Waals surface area contributed by atoms with Crippen molar-refractivity contribution in [3.05, 3.63) is 18.6 Å². The summed E-state index contributed by atoms with van der Waals surface area (Å²) in [6.45, 7) is 1.87. The lowest BCUT2D eigenvalue weighted by atomic mass is 10.4. The molecule has 0 aliphatic carbocycles. The zero-order valence-electron chi connectivity index (χ0n) is 3.68. The molecule has 6 heavy (non-hydrogen) atoms. The molecule has 0 aromatic carbocycles. The van der Waals surface area contributed by atoms with Crippen LogP contribution in [0.3, 0.4) is 0 Å². The molecule has 0 aromatic heterocycles. The van der Waals surface area contributed by atoms with E-state index in [1.807, 2.05) is 19.1 Å². The molecule has 0 saturated carbocycles. The first-order chi connectivity index (χ1) is 2.91. The summed E-state index contributed by atoms with van der Waals surface area (Å²) in [5.74, 6) is 0. The second-order valence-corrected chi connectivity index (χ2v) is 0.822. The highest BCUT2D eigenvalue weighted by Gasteiger charge is 1.62. The molecule has 0 fully saturated rings. The standard InChI is InChI=1S/C5H6N/c1-2-3-4-5-6/h2-4H,1H3/b3-2+. The van der Waals surface area contributed by atoms with Gasteiger partial charge in [-0.2, -0.15) is 5.26 Å². The predicted octanol–water partition coefficient (Wildman–Crippen LogP) is 1.29. The lowest BCUT2D eigenvalue weighted by Gasteiger charge is -1.62. The van der Waals surface area contributed by atoms with Crippen LogP contribution in [0.25, 0.3) is 0 Å². The number of hydrogen-bond acceptors (Lipinski definition) is 1. The molecule has 0 rings (SSSR count). The monoisotopic (exact) mass is 80.1 g/mol. The van der Waals surface area contributed by atoms with Gasteiger partial charge in [-0.05, 0) is 6.92 Å². The lowest BCUT2D eigenvalue weighted by molar-refractivity contribution is 1.50.